The molecule has 3 aliphatic heterocycles. The maximum atomic E-state index is 13.1. The van der Waals surface area contributed by atoms with Crippen LogP contribution in [0.4, 0.5) is 0 Å². The van der Waals surface area contributed by atoms with Crippen LogP contribution in [0.25, 0.3) is 0 Å². The van der Waals surface area contributed by atoms with E-state index in [2.05, 4.69) is 0 Å². The Morgan fingerprint density at radius 2 is 2.04 bits per heavy atom. The van der Waals surface area contributed by atoms with Gasteiger partial charge in [-0.25, -0.2) is 0 Å². The molecule has 4 unspecified atom stereocenters. The Hall–Kier alpha value is -1.62. The van der Waals surface area contributed by atoms with Gasteiger partial charge in [-0.3, -0.25) is 9.59 Å². The molecular formula is C20H28O5. The number of hydrogen-bond donors (Lipinski definition) is 0. The summed E-state index contributed by atoms with van der Waals surface area (Å²) in [6.07, 6.45) is 4.31. The molecule has 1 saturated carbocycles. The summed E-state index contributed by atoms with van der Waals surface area (Å²) in [5.41, 5.74) is -1.94. The number of ketones is 1. The van der Waals surface area contributed by atoms with E-state index in [1.54, 1.807) is 0 Å². The van der Waals surface area contributed by atoms with Crippen LogP contribution in [0.15, 0.2) is 23.5 Å². The van der Waals surface area contributed by atoms with Gasteiger partial charge in [0.1, 0.15) is 5.76 Å². The second-order valence-electron chi connectivity index (χ2n) is 8.58. The zero-order valence-electron chi connectivity index (χ0n) is 16.0. The van der Waals surface area contributed by atoms with Crippen LogP contribution in [0, 0.1) is 5.92 Å². The number of rotatable bonds is 4. The van der Waals surface area contributed by atoms with Gasteiger partial charge in [-0.1, -0.05) is 25.5 Å². The molecule has 4 aliphatic rings. The highest BCUT2D eigenvalue weighted by molar-refractivity contribution is 5.96. The Morgan fingerprint density at radius 3 is 2.64 bits per heavy atom. The quantitative estimate of drug-likeness (QED) is 0.728. The highest BCUT2D eigenvalue weighted by Gasteiger charge is 2.79. The van der Waals surface area contributed by atoms with E-state index >= 15 is 0 Å². The van der Waals surface area contributed by atoms with Crippen molar-refractivity contribution in [2.24, 2.45) is 5.92 Å². The number of carbonyl (C=O) groups excluding carboxylic acids is 2. The van der Waals surface area contributed by atoms with Gasteiger partial charge in [0, 0.05) is 19.3 Å². The molecule has 4 atom stereocenters. The first-order valence-corrected chi connectivity index (χ1v) is 9.00. The summed E-state index contributed by atoms with van der Waals surface area (Å²) >= 11 is 0. The first-order chi connectivity index (χ1) is 11.5. The lowest BCUT2D eigenvalue weighted by atomic mass is 9.63. The minimum absolute atomic E-state index is 0.0993. The van der Waals surface area contributed by atoms with E-state index in [1.807, 2.05) is 53.7 Å². The van der Waals surface area contributed by atoms with Gasteiger partial charge in [0.2, 0.25) is 5.60 Å². The molecule has 25 heavy (non-hydrogen) atoms. The van der Waals surface area contributed by atoms with Crippen LogP contribution in [0.5, 0.6) is 0 Å². The Balaban J connectivity index is 2.05. The molecule has 5 nitrogen and oxygen atoms in total. The predicted molar refractivity (Wildman–Crippen MR) is 92.8 cm³/mol. The Labute approximate surface area is 149 Å². The molecule has 0 amide bonds. The van der Waals surface area contributed by atoms with Crippen LogP contribution >= 0.6 is 0 Å². The standard InChI is InChI=1S/C20H28O5/c1-12(2)7-8-15-19(6)20(24-17(22)9-13(3)4)14(21)10-18(5,25-19)11-16(20)23-15/h7-8,13,16H,9-11H2,1-6H3/b15-8-. The molecule has 0 aromatic rings. The molecule has 0 radical (unpaired) electrons. The van der Waals surface area contributed by atoms with Crippen molar-refractivity contribution >= 4 is 11.8 Å². The van der Waals surface area contributed by atoms with Gasteiger partial charge in [-0.15, -0.1) is 0 Å². The molecule has 0 spiro atoms. The summed E-state index contributed by atoms with van der Waals surface area (Å²) in [6.45, 7) is 11.6. The number of esters is 1. The second-order valence-corrected chi connectivity index (χ2v) is 8.58. The van der Waals surface area contributed by atoms with E-state index in [0.717, 1.165) is 5.57 Å². The number of fused-ring (bicyclic) bond motifs is 1. The van der Waals surface area contributed by atoms with Gasteiger partial charge in [-0.05, 0) is 39.7 Å². The number of ether oxygens (including phenoxy) is 3. The van der Waals surface area contributed by atoms with E-state index in [-0.39, 0.29) is 30.5 Å². The normalized spacial score (nSPS) is 40.4. The van der Waals surface area contributed by atoms with E-state index in [4.69, 9.17) is 14.2 Å². The summed E-state index contributed by atoms with van der Waals surface area (Å²) in [4.78, 5) is 25.5. The summed E-state index contributed by atoms with van der Waals surface area (Å²) in [7, 11) is 0. The largest absolute Gasteiger partial charge is 0.487 e. The SMILES string of the molecule is CC(C)=C/C=C1\OC2CC3(C)CC(=O)C2(OC(=O)CC(C)C)C1(C)O3. The van der Waals surface area contributed by atoms with Gasteiger partial charge in [-0.2, -0.15) is 0 Å². The van der Waals surface area contributed by atoms with Crippen LogP contribution in [0.1, 0.15) is 60.8 Å². The molecule has 0 aromatic carbocycles. The zero-order valence-corrected chi connectivity index (χ0v) is 16.0. The summed E-state index contributed by atoms with van der Waals surface area (Å²) < 4.78 is 18.3. The van der Waals surface area contributed by atoms with Crippen molar-refractivity contribution in [2.45, 2.75) is 83.7 Å². The first kappa shape index (κ1) is 18.2. The van der Waals surface area contributed by atoms with Gasteiger partial charge >= 0.3 is 5.97 Å². The molecule has 0 N–H and O–H groups in total. The molecule has 4 bridgehead atoms. The van der Waals surface area contributed by atoms with E-state index in [0.29, 0.717) is 12.2 Å². The van der Waals surface area contributed by atoms with Gasteiger partial charge in [0.15, 0.2) is 17.5 Å². The van der Waals surface area contributed by atoms with Crippen LogP contribution < -0.4 is 0 Å². The third kappa shape index (κ3) is 2.64. The number of carbonyl (C=O) groups is 2. The Bertz CT molecular complexity index is 672. The van der Waals surface area contributed by atoms with Crippen LogP contribution in [-0.4, -0.2) is 34.7 Å². The summed E-state index contributed by atoms with van der Waals surface area (Å²) in [6, 6.07) is 0. The van der Waals surface area contributed by atoms with Crippen molar-refractivity contribution < 1.29 is 23.8 Å². The lowest BCUT2D eigenvalue weighted by molar-refractivity contribution is -0.273. The van der Waals surface area contributed by atoms with E-state index < -0.39 is 22.9 Å². The average molecular weight is 348 g/mol. The molecule has 4 rings (SSSR count). The first-order valence-electron chi connectivity index (χ1n) is 9.00. The Kier molecular flexibility index (Phi) is 4.14. The summed E-state index contributed by atoms with van der Waals surface area (Å²) in [5, 5.41) is 0. The minimum Gasteiger partial charge on any atom is -0.487 e. The smallest absolute Gasteiger partial charge is 0.307 e. The molecular weight excluding hydrogens is 320 g/mol. The molecule has 4 fully saturated rings. The number of allylic oxidation sites excluding steroid dienone is 3. The van der Waals surface area contributed by atoms with E-state index in [9.17, 15) is 9.59 Å². The fraction of sp³-hybridized carbons (Fsp3) is 0.700. The predicted octanol–water partition coefficient (Wildman–Crippen LogP) is 3.47. The van der Waals surface area contributed by atoms with Crippen molar-refractivity contribution in [2.75, 3.05) is 0 Å². The fourth-order valence-electron chi connectivity index (χ4n) is 4.32. The van der Waals surface area contributed by atoms with Crippen molar-refractivity contribution in [3.63, 3.8) is 0 Å². The lowest BCUT2D eigenvalue weighted by Gasteiger charge is -2.56. The topological polar surface area (TPSA) is 61.8 Å². The highest BCUT2D eigenvalue weighted by Crippen LogP contribution is 2.61. The molecule has 3 saturated heterocycles. The second kappa shape index (κ2) is 5.70. The molecule has 5 heteroatoms. The number of hydrogen-bond acceptors (Lipinski definition) is 5. The Morgan fingerprint density at radius 1 is 1.36 bits per heavy atom. The molecule has 3 heterocycles. The van der Waals surface area contributed by atoms with Gasteiger partial charge in [0.25, 0.3) is 0 Å². The van der Waals surface area contributed by atoms with Crippen LogP contribution in [-0.2, 0) is 23.8 Å². The third-order valence-electron chi connectivity index (χ3n) is 5.34. The maximum Gasteiger partial charge on any atom is 0.307 e. The van der Waals surface area contributed by atoms with Crippen LogP contribution in [0.2, 0.25) is 0 Å². The maximum absolute atomic E-state index is 13.1. The van der Waals surface area contributed by atoms with E-state index in [1.165, 1.54) is 0 Å². The van der Waals surface area contributed by atoms with Crippen molar-refractivity contribution in [3.8, 4) is 0 Å². The fourth-order valence-corrected chi connectivity index (χ4v) is 4.32. The molecule has 0 aromatic heterocycles. The molecule has 138 valence electrons. The van der Waals surface area contributed by atoms with Crippen molar-refractivity contribution in [3.05, 3.63) is 23.5 Å². The zero-order chi connectivity index (χ0) is 18.6. The van der Waals surface area contributed by atoms with Crippen LogP contribution in [0.3, 0.4) is 0 Å². The monoisotopic (exact) mass is 348 g/mol. The number of Topliss-reactive ketones (excluding diaryl/α,β-unsaturated/α-hetero) is 1. The van der Waals surface area contributed by atoms with Crippen molar-refractivity contribution in [1.29, 1.82) is 0 Å². The summed E-state index contributed by atoms with van der Waals surface area (Å²) in [5.74, 6) is 0.246. The lowest BCUT2D eigenvalue weighted by Crippen LogP contribution is -2.75. The molecule has 1 aliphatic carbocycles. The van der Waals surface area contributed by atoms with Crippen molar-refractivity contribution in [1.82, 2.24) is 0 Å². The van der Waals surface area contributed by atoms with Gasteiger partial charge in [0.05, 0.1) is 5.60 Å². The van der Waals surface area contributed by atoms with Gasteiger partial charge < -0.3 is 14.2 Å². The average Bonchev–Trinajstić information content (AvgIpc) is 2.58. The third-order valence-corrected chi connectivity index (χ3v) is 5.34. The minimum atomic E-state index is -1.38. The highest BCUT2D eigenvalue weighted by atomic mass is 16.7.